The van der Waals surface area contributed by atoms with Crippen LogP contribution in [0, 0.1) is 6.92 Å². The Labute approximate surface area is 111 Å². The fraction of sp³-hybridized carbons (Fsp3) is 0.462. The first-order chi connectivity index (χ1) is 8.10. The molecule has 94 valence electrons. The molecule has 0 aliphatic rings. The first kappa shape index (κ1) is 14.0. The number of esters is 1. The molecule has 1 rings (SSSR count). The number of carbonyl (C=O) groups excluding carboxylic acids is 1. The van der Waals surface area contributed by atoms with Gasteiger partial charge in [0.2, 0.25) is 0 Å². The zero-order valence-corrected chi connectivity index (χ0v) is 12.1. The lowest BCUT2D eigenvalue weighted by Crippen LogP contribution is -2.10. The topological polar surface area (TPSA) is 38.3 Å². The predicted octanol–water partition coefficient (Wildman–Crippen LogP) is 3.76. The molecule has 0 saturated heterocycles. The number of ether oxygens (including phenoxy) is 1. The Hall–Kier alpha value is -1.03. The lowest BCUT2D eigenvalue weighted by molar-refractivity contribution is 0.0601. The van der Waals surface area contributed by atoms with Crippen molar-refractivity contribution in [2.45, 2.75) is 26.7 Å². The van der Waals surface area contributed by atoms with E-state index in [1.54, 1.807) is 0 Å². The van der Waals surface area contributed by atoms with E-state index >= 15 is 0 Å². The summed E-state index contributed by atoms with van der Waals surface area (Å²) < 4.78 is 5.69. The Morgan fingerprint density at radius 1 is 1.47 bits per heavy atom. The van der Waals surface area contributed by atoms with Gasteiger partial charge >= 0.3 is 5.97 Å². The number of benzene rings is 1. The minimum Gasteiger partial charge on any atom is -0.465 e. The highest BCUT2D eigenvalue weighted by Crippen LogP contribution is 2.29. The Morgan fingerprint density at radius 2 is 2.18 bits per heavy atom. The number of rotatable bonds is 5. The maximum absolute atomic E-state index is 11.7. The van der Waals surface area contributed by atoms with Gasteiger partial charge in [-0.05, 0) is 47.0 Å². The van der Waals surface area contributed by atoms with Gasteiger partial charge in [-0.25, -0.2) is 4.79 Å². The normalized spacial score (nSPS) is 10.1. The second-order valence-corrected chi connectivity index (χ2v) is 4.80. The summed E-state index contributed by atoms with van der Waals surface area (Å²) in [5.74, 6) is -0.312. The first-order valence-corrected chi connectivity index (χ1v) is 6.51. The van der Waals surface area contributed by atoms with Gasteiger partial charge < -0.3 is 10.1 Å². The molecule has 0 aliphatic carbocycles. The van der Waals surface area contributed by atoms with Gasteiger partial charge in [0.25, 0.3) is 0 Å². The maximum Gasteiger partial charge on any atom is 0.340 e. The summed E-state index contributed by atoms with van der Waals surface area (Å²) in [6.07, 6.45) is 2.19. The minimum atomic E-state index is -0.312. The standard InChI is InChI=1S/C13H18BrNO2/c1-4-5-6-15-12-10(13(16)17-3)7-9(2)8-11(12)14/h7-8,15H,4-6H2,1-3H3. The average molecular weight is 300 g/mol. The van der Waals surface area contributed by atoms with Crippen molar-refractivity contribution in [3.63, 3.8) is 0 Å². The summed E-state index contributed by atoms with van der Waals surface area (Å²) in [7, 11) is 1.40. The van der Waals surface area contributed by atoms with Gasteiger partial charge in [-0.15, -0.1) is 0 Å². The molecule has 3 nitrogen and oxygen atoms in total. The highest BCUT2D eigenvalue weighted by atomic mass is 79.9. The second-order valence-electron chi connectivity index (χ2n) is 3.94. The van der Waals surface area contributed by atoms with Crippen molar-refractivity contribution in [1.29, 1.82) is 0 Å². The van der Waals surface area contributed by atoms with E-state index in [1.807, 2.05) is 19.1 Å². The highest BCUT2D eigenvalue weighted by Gasteiger charge is 2.15. The van der Waals surface area contributed by atoms with Crippen LogP contribution in [-0.2, 0) is 4.74 Å². The zero-order valence-electron chi connectivity index (χ0n) is 10.5. The number of hydrogen-bond acceptors (Lipinski definition) is 3. The maximum atomic E-state index is 11.7. The predicted molar refractivity (Wildman–Crippen MR) is 73.6 cm³/mol. The van der Waals surface area contributed by atoms with Crippen molar-refractivity contribution < 1.29 is 9.53 Å². The van der Waals surface area contributed by atoms with E-state index in [4.69, 9.17) is 4.74 Å². The van der Waals surface area contributed by atoms with Crippen molar-refractivity contribution in [2.75, 3.05) is 19.0 Å². The summed E-state index contributed by atoms with van der Waals surface area (Å²) in [4.78, 5) is 11.7. The van der Waals surface area contributed by atoms with E-state index in [-0.39, 0.29) is 5.97 Å². The van der Waals surface area contributed by atoms with Crippen LogP contribution >= 0.6 is 15.9 Å². The van der Waals surface area contributed by atoms with E-state index in [2.05, 4.69) is 28.2 Å². The number of aryl methyl sites for hydroxylation is 1. The van der Waals surface area contributed by atoms with E-state index in [9.17, 15) is 4.79 Å². The number of anilines is 1. The molecule has 4 heteroatoms. The van der Waals surface area contributed by atoms with Gasteiger partial charge in [0, 0.05) is 11.0 Å². The number of methoxy groups -OCH3 is 1. The summed E-state index contributed by atoms with van der Waals surface area (Å²) in [5.41, 5.74) is 2.42. The summed E-state index contributed by atoms with van der Waals surface area (Å²) in [6, 6.07) is 3.82. The van der Waals surface area contributed by atoms with Crippen LogP contribution in [0.2, 0.25) is 0 Å². The number of unbranched alkanes of at least 4 members (excludes halogenated alkanes) is 1. The zero-order chi connectivity index (χ0) is 12.8. The lowest BCUT2D eigenvalue weighted by Gasteiger charge is -2.13. The molecule has 0 unspecified atom stereocenters. The quantitative estimate of drug-likeness (QED) is 0.664. The first-order valence-electron chi connectivity index (χ1n) is 5.72. The van der Waals surface area contributed by atoms with Crippen LogP contribution in [0.5, 0.6) is 0 Å². The molecule has 1 aromatic rings. The van der Waals surface area contributed by atoms with Crippen molar-refractivity contribution in [3.8, 4) is 0 Å². The second kappa shape index (κ2) is 6.64. The van der Waals surface area contributed by atoms with Crippen molar-refractivity contribution in [3.05, 3.63) is 27.7 Å². The molecule has 0 aromatic heterocycles. The number of nitrogens with one attached hydrogen (secondary N) is 1. The van der Waals surface area contributed by atoms with Crippen LogP contribution in [0.1, 0.15) is 35.7 Å². The SMILES string of the molecule is CCCCNc1c(Br)cc(C)cc1C(=O)OC. The third-order valence-corrected chi connectivity index (χ3v) is 3.10. The van der Waals surface area contributed by atoms with E-state index in [1.165, 1.54) is 7.11 Å². The third kappa shape index (κ3) is 3.73. The average Bonchev–Trinajstić information content (AvgIpc) is 2.30. The Kier molecular flexibility index (Phi) is 5.48. The van der Waals surface area contributed by atoms with Crippen molar-refractivity contribution in [2.24, 2.45) is 0 Å². The highest BCUT2D eigenvalue weighted by molar-refractivity contribution is 9.10. The number of hydrogen-bond donors (Lipinski definition) is 1. The molecule has 0 saturated carbocycles. The molecule has 0 spiro atoms. The molecular formula is C13H18BrNO2. The summed E-state index contributed by atoms with van der Waals surface area (Å²) >= 11 is 3.48. The fourth-order valence-corrected chi connectivity index (χ4v) is 2.30. The summed E-state index contributed by atoms with van der Waals surface area (Å²) in [6.45, 7) is 4.93. The molecule has 0 radical (unpaired) electrons. The minimum absolute atomic E-state index is 0.312. The van der Waals surface area contributed by atoms with Gasteiger partial charge in [0.15, 0.2) is 0 Å². The smallest absolute Gasteiger partial charge is 0.340 e. The van der Waals surface area contributed by atoms with Crippen LogP contribution < -0.4 is 5.32 Å². The Bertz CT molecular complexity index is 405. The molecular weight excluding hydrogens is 282 g/mol. The van der Waals surface area contributed by atoms with E-state index < -0.39 is 0 Å². The molecule has 0 bridgehead atoms. The van der Waals surface area contributed by atoms with Crippen LogP contribution in [0.15, 0.2) is 16.6 Å². The molecule has 1 N–H and O–H groups in total. The molecule has 0 heterocycles. The van der Waals surface area contributed by atoms with Crippen molar-refractivity contribution in [1.82, 2.24) is 0 Å². The van der Waals surface area contributed by atoms with Crippen LogP contribution in [0.25, 0.3) is 0 Å². The molecule has 1 aromatic carbocycles. The fourth-order valence-electron chi connectivity index (χ4n) is 1.58. The van der Waals surface area contributed by atoms with Gasteiger partial charge in [0.05, 0.1) is 18.4 Å². The van der Waals surface area contributed by atoms with Gasteiger partial charge in [-0.1, -0.05) is 13.3 Å². The monoisotopic (exact) mass is 299 g/mol. The Balaban J connectivity index is 3.03. The van der Waals surface area contributed by atoms with Crippen molar-refractivity contribution >= 4 is 27.6 Å². The lowest BCUT2D eigenvalue weighted by atomic mass is 10.1. The molecule has 0 amide bonds. The van der Waals surface area contributed by atoms with Crippen LogP contribution in [-0.4, -0.2) is 19.6 Å². The largest absolute Gasteiger partial charge is 0.465 e. The Morgan fingerprint density at radius 3 is 2.76 bits per heavy atom. The number of carbonyl (C=O) groups is 1. The molecule has 17 heavy (non-hydrogen) atoms. The molecule has 0 atom stereocenters. The van der Waals surface area contributed by atoms with Gasteiger partial charge in [0.1, 0.15) is 0 Å². The van der Waals surface area contributed by atoms with Gasteiger partial charge in [-0.2, -0.15) is 0 Å². The van der Waals surface area contributed by atoms with Crippen LogP contribution in [0.4, 0.5) is 5.69 Å². The van der Waals surface area contributed by atoms with Crippen LogP contribution in [0.3, 0.4) is 0 Å². The van der Waals surface area contributed by atoms with E-state index in [0.29, 0.717) is 5.56 Å². The molecule has 0 aliphatic heterocycles. The third-order valence-electron chi connectivity index (χ3n) is 2.47. The van der Waals surface area contributed by atoms with E-state index in [0.717, 1.165) is 35.1 Å². The molecule has 0 fully saturated rings. The number of halogens is 1. The van der Waals surface area contributed by atoms with Gasteiger partial charge in [-0.3, -0.25) is 0 Å². The summed E-state index contributed by atoms with van der Waals surface area (Å²) in [5, 5.41) is 3.28.